The van der Waals surface area contributed by atoms with Crippen molar-refractivity contribution in [2.45, 2.75) is 64.8 Å². The number of carbonyl (C=O) groups excluding carboxylic acids is 1. The van der Waals surface area contributed by atoms with Crippen molar-refractivity contribution in [1.29, 1.82) is 0 Å². The second kappa shape index (κ2) is 13.0. The zero-order chi connectivity index (χ0) is 24.3. The molecule has 0 aliphatic rings. The van der Waals surface area contributed by atoms with Gasteiger partial charge >= 0.3 is 0 Å². The molecule has 3 rings (SSSR count). The third-order valence-electron chi connectivity index (χ3n) is 6.19. The van der Waals surface area contributed by atoms with E-state index in [1.807, 2.05) is 59.5 Å². The van der Waals surface area contributed by atoms with Gasteiger partial charge in [0.1, 0.15) is 5.82 Å². The summed E-state index contributed by atoms with van der Waals surface area (Å²) in [7, 11) is 1.67. The molecule has 1 amide bonds. The molecule has 0 spiro atoms. The van der Waals surface area contributed by atoms with E-state index in [1.165, 1.54) is 0 Å². The number of aromatic nitrogens is 2. The van der Waals surface area contributed by atoms with Crippen LogP contribution in [0.5, 0.6) is 0 Å². The molecular formula is C28H37N3O3. The van der Waals surface area contributed by atoms with E-state index in [1.54, 1.807) is 11.7 Å². The summed E-state index contributed by atoms with van der Waals surface area (Å²) in [5.41, 5.74) is 1.30. The van der Waals surface area contributed by atoms with Crippen LogP contribution < -0.4 is 5.56 Å². The standard InChI is InChI=1S/C28H37N3O3/c1-4-6-7-11-19-26(32)30(20-14-21-34-3)25(5-2)27-29-24-18-13-12-17-23(24)28(33)31(27)22-15-9-8-10-16-22/h8-10,12-13,15-18,25H,4-7,11,14,19-21H2,1-3H3. The number of hydrogen-bond acceptors (Lipinski definition) is 4. The van der Waals surface area contributed by atoms with E-state index in [-0.39, 0.29) is 17.5 Å². The second-order valence-electron chi connectivity index (χ2n) is 8.63. The van der Waals surface area contributed by atoms with Gasteiger partial charge in [-0.25, -0.2) is 4.98 Å². The number of methoxy groups -OCH3 is 1. The second-order valence-corrected chi connectivity index (χ2v) is 8.63. The number of unbranched alkanes of at least 4 members (excludes halogenated alkanes) is 3. The fourth-order valence-corrected chi connectivity index (χ4v) is 4.42. The summed E-state index contributed by atoms with van der Waals surface area (Å²) in [6.07, 6.45) is 6.09. The van der Waals surface area contributed by atoms with Gasteiger partial charge in [-0.3, -0.25) is 14.2 Å². The molecule has 6 heteroatoms. The molecule has 182 valence electrons. The number of amides is 1. The van der Waals surface area contributed by atoms with E-state index in [9.17, 15) is 9.59 Å². The van der Waals surface area contributed by atoms with Crippen molar-refractivity contribution in [3.8, 4) is 5.69 Å². The Labute approximate surface area is 202 Å². The van der Waals surface area contributed by atoms with Gasteiger partial charge in [-0.15, -0.1) is 0 Å². The smallest absolute Gasteiger partial charge is 0.266 e. The van der Waals surface area contributed by atoms with Crippen LogP contribution in [0, 0.1) is 0 Å². The van der Waals surface area contributed by atoms with E-state index >= 15 is 0 Å². The normalized spacial score (nSPS) is 12.1. The first-order valence-corrected chi connectivity index (χ1v) is 12.5. The van der Waals surface area contributed by atoms with E-state index in [2.05, 4.69) is 13.8 Å². The van der Waals surface area contributed by atoms with Crippen LogP contribution in [-0.4, -0.2) is 40.6 Å². The molecule has 3 aromatic rings. The summed E-state index contributed by atoms with van der Waals surface area (Å²) in [6.45, 7) is 5.36. The molecule has 0 saturated heterocycles. The van der Waals surface area contributed by atoms with Crippen molar-refractivity contribution >= 4 is 16.8 Å². The highest BCUT2D eigenvalue weighted by atomic mass is 16.5. The van der Waals surface area contributed by atoms with Crippen molar-refractivity contribution in [3.05, 3.63) is 70.8 Å². The van der Waals surface area contributed by atoms with Gasteiger partial charge in [0, 0.05) is 26.7 Å². The lowest BCUT2D eigenvalue weighted by molar-refractivity contribution is -0.134. The molecule has 1 aromatic heterocycles. The van der Waals surface area contributed by atoms with Crippen molar-refractivity contribution in [2.75, 3.05) is 20.3 Å². The van der Waals surface area contributed by atoms with Crippen molar-refractivity contribution in [2.24, 2.45) is 0 Å². The highest BCUT2D eigenvalue weighted by Crippen LogP contribution is 2.27. The Morgan fingerprint density at radius 3 is 2.44 bits per heavy atom. The first kappa shape index (κ1) is 25.6. The Bertz CT molecular complexity index is 1110. The van der Waals surface area contributed by atoms with Crippen LogP contribution in [0.1, 0.15) is 70.7 Å². The first-order valence-electron chi connectivity index (χ1n) is 12.5. The summed E-state index contributed by atoms with van der Waals surface area (Å²) in [4.78, 5) is 34.0. The highest BCUT2D eigenvalue weighted by molar-refractivity contribution is 5.79. The van der Waals surface area contributed by atoms with Gasteiger partial charge in [-0.1, -0.05) is 63.4 Å². The molecule has 34 heavy (non-hydrogen) atoms. The molecule has 0 radical (unpaired) electrons. The monoisotopic (exact) mass is 463 g/mol. The van der Waals surface area contributed by atoms with Crippen molar-refractivity contribution in [1.82, 2.24) is 14.5 Å². The molecule has 0 fully saturated rings. The lowest BCUT2D eigenvalue weighted by atomic mass is 10.1. The molecule has 2 aromatic carbocycles. The molecule has 1 unspecified atom stereocenters. The third-order valence-corrected chi connectivity index (χ3v) is 6.19. The summed E-state index contributed by atoms with van der Waals surface area (Å²) in [6, 6.07) is 16.7. The van der Waals surface area contributed by atoms with Gasteiger partial charge in [0.25, 0.3) is 5.56 Å². The number of benzene rings is 2. The highest BCUT2D eigenvalue weighted by Gasteiger charge is 2.28. The van der Waals surface area contributed by atoms with Crippen LogP contribution in [0.25, 0.3) is 16.6 Å². The maximum Gasteiger partial charge on any atom is 0.266 e. The number of nitrogens with zero attached hydrogens (tertiary/aromatic N) is 3. The van der Waals surface area contributed by atoms with Crippen molar-refractivity contribution < 1.29 is 9.53 Å². The average molecular weight is 464 g/mol. The number of rotatable bonds is 13. The molecule has 0 bridgehead atoms. The van der Waals surface area contributed by atoms with Crippen LogP contribution >= 0.6 is 0 Å². The van der Waals surface area contributed by atoms with Crippen LogP contribution in [-0.2, 0) is 9.53 Å². The van der Waals surface area contributed by atoms with Crippen LogP contribution in [0.15, 0.2) is 59.4 Å². The maximum absolute atomic E-state index is 13.7. The minimum Gasteiger partial charge on any atom is -0.385 e. The molecule has 0 saturated carbocycles. The van der Waals surface area contributed by atoms with Gasteiger partial charge < -0.3 is 9.64 Å². The molecule has 6 nitrogen and oxygen atoms in total. The lowest BCUT2D eigenvalue weighted by Gasteiger charge is -2.32. The fraction of sp³-hybridized carbons (Fsp3) is 0.464. The minimum absolute atomic E-state index is 0.112. The number of carbonyl (C=O) groups is 1. The van der Waals surface area contributed by atoms with Gasteiger partial charge in [-0.2, -0.15) is 0 Å². The number of hydrogen-bond donors (Lipinski definition) is 0. The SMILES string of the molecule is CCCCCCC(=O)N(CCCOC)C(CC)c1nc2ccccc2c(=O)n1-c1ccccc1. The largest absolute Gasteiger partial charge is 0.385 e. The van der Waals surface area contributed by atoms with Crippen LogP contribution in [0.3, 0.4) is 0 Å². The van der Waals surface area contributed by atoms with Gasteiger partial charge in [0.05, 0.1) is 22.6 Å². The lowest BCUT2D eigenvalue weighted by Crippen LogP contribution is -2.39. The summed E-state index contributed by atoms with van der Waals surface area (Å²) in [5, 5.41) is 0.571. The quantitative estimate of drug-likeness (QED) is 0.306. The topological polar surface area (TPSA) is 64.4 Å². The van der Waals surface area contributed by atoms with Crippen LogP contribution in [0.2, 0.25) is 0 Å². The Kier molecular flexibility index (Phi) is 9.83. The van der Waals surface area contributed by atoms with E-state index in [0.29, 0.717) is 42.7 Å². The maximum atomic E-state index is 13.7. The van der Waals surface area contributed by atoms with Gasteiger partial charge in [0.15, 0.2) is 0 Å². The molecule has 0 aliphatic heterocycles. The summed E-state index contributed by atoms with van der Waals surface area (Å²) in [5.74, 6) is 0.720. The number of para-hydroxylation sites is 2. The average Bonchev–Trinajstić information content (AvgIpc) is 2.87. The third kappa shape index (κ3) is 6.11. The molecule has 0 aliphatic carbocycles. The summed E-state index contributed by atoms with van der Waals surface area (Å²) < 4.78 is 6.95. The Hall–Kier alpha value is -2.99. The fourth-order valence-electron chi connectivity index (χ4n) is 4.42. The van der Waals surface area contributed by atoms with Crippen molar-refractivity contribution in [3.63, 3.8) is 0 Å². The predicted molar refractivity (Wildman–Crippen MR) is 137 cm³/mol. The molecule has 1 heterocycles. The van der Waals surface area contributed by atoms with E-state index in [4.69, 9.17) is 9.72 Å². The molecule has 1 atom stereocenters. The van der Waals surface area contributed by atoms with Gasteiger partial charge in [-0.05, 0) is 43.5 Å². The number of ether oxygens (including phenoxy) is 1. The predicted octanol–water partition coefficient (Wildman–Crippen LogP) is 5.67. The van der Waals surface area contributed by atoms with E-state index < -0.39 is 0 Å². The Balaban J connectivity index is 2.09. The van der Waals surface area contributed by atoms with E-state index in [0.717, 1.165) is 37.8 Å². The van der Waals surface area contributed by atoms with Gasteiger partial charge in [0.2, 0.25) is 5.91 Å². The minimum atomic E-state index is -0.312. The molecule has 0 N–H and O–H groups in total. The first-order chi connectivity index (χ1) is 16.6. The summed E-state index contributed by atoms with van der Waals surface area (Å²) >= 11 is 0. The molecular weight excluding hydrogens is 426 g/mol. The Morgan fingerprint density at radius 1 is 1.00 bits per heavy atom. The van der Waals surface area contributed by atoms with Crippen LogP contribution in [0.4, 0.5) is 0 Å². The number of fused-ring (bicyclic) bond motifs is 1. The zero-order valence-electron chi connectivity index (χ0n) is 20.7. The Morgan fingerprint density at radius 2 is 1.74 bits per heavy atom. The zero-order valence-corrected chi connectivity index (χ0v) is 20.7.